The second-order valence-electron chi connectivity index (χ2n) is 4.56. The Morgan fingerprint density at radius 3 is 2.67 bits per heavy atom. The molecule has 1 heterocycles. The van der Waals surface area contributed by atoms with Crippen LogP contribution in [0.3, 0.4) is 0 Å². The molecular formula is C11H22N+. The van der Waals surface area contributed by atoms with E-state index in [0.29, 0.717) is 0 Å². The van der Waals surface area contributed by atoms with Crippen LogP contribution in [-0.2, 0) is 0 Å². The molecule has 1 heteroatoms. The minimum absolute atomic E-state index is 1.05. The van der Waals surface area contributed by atoms with Crippen LogP contribution >= 0.6 is 0 Å². The maximum atomic E-state index is 2.35. The van der Waals surface area contributed by atoms with Gasteiger partial charge in [0.05, 0.1) is 19.1 Å². The Kier molecular flexibility index (Phi) is 2.69. The minimum atomic E-state index is 1.05. The number of hydrogen-bond donors (Lipinski definition) is 1. The van der Waals surface area contributed by atoms with Crippen LogP contribution in [0, 0.1) is 5.92 Å². The van der Waals surface area contributed by atoms with E-state index in [2.05, 4.69) is 6.92 Å². The van der Waals surface area contributed by atoms with Crippen LogP contribution in [0.4, 0.5) is 0 Å². The number of nitrogens with one attached hydrogen (secondary N) is 1. The number of quaternary nitrogens is 1. The van der Waals surface area contributed by atoms with E-state index >= 15 is 0 Å². The molecule has 1 saturated heterocycles. The Labute approximate surface area is 76.1 Å². The van der Waals surface area contributed by atoms with Crippen molar-refractivity contribution in [3.05, 3.63) is 0 Å². The lowest BCUT2D eigenvalue weighted by atomic mass is 9.78. The van der Waals surface area contributed by atoms with Gasteiger partial charge >= 0.3 is 0 Å². The molecule has 1 nitrogen and oxygen atoms in total. The Hall–Kier alpha value is -0.0400. The van der Waals surface area contributed by atoms with Gasteiger partial charge in [-0.3, -0.25) is 0 Å². The molecule has 0 amide bonds. The van der Waals surface area contributed by atoms with Gasteiger partial charge in [-0.25, -0.2) is 0 Å². The molecule has 2 aliphatic rings. The second kappa shape index (κ2) is 3.78. The first-order valence-corrected chi connectivity index (χ1v) is 5.76. The van der Waals surface area contributed by atoms with Crippen molar-refractivity contribution in [1.82, 2.24) is 0 Å². The molecule has 0 bridgehead atoms. The average Bonchev–Trinajstić information content (AvgIpc) is 2.17. The van der Waals surface area contributed by atoms with Crippen LogP contribution in [0.5, 0.6) is 0 Å². The van der Waals surface area contributed by atoms with Crippen molar-refractivity contribution in [2.24, 2.45) is 5.92 Å². The van der Waals surface area contributed by atoms with Gasteiger partial charge in [0.2, 0.25) is 0 Å². The van der Waals surface area contributed by atoms with E-state index in [4.69, 9.17) is 0 Å². The number of hydrogen-bond acceptors (Lipinski definition) is 0. The molecule has 0 radical (unpaired) electrons. The molecule has 0 aromatic carbocycles. The van der Waals surface area contributed by atoms with E-state index < -0.39 is 0 Å². The minimum Gasteiger partial charge on any atom is -0.333 e. The average molecular weight is 168 g/mol. The van der Waals surface area contributed by atoms with Crippen molar-refractivity contribution in [3.8, 4) is 0 Å². The largest absolute Gasteiger partial charge is 0.333 e. The summed E-state index contributed by atoms with van der Waals surface area (Å²) in [6.45, 7) is 5.17. The van der Waals surface area contributed by atoms with Gasteiger partial charge in [-0.05, 0) is 39.0 Å². The van der Waals surface area contributed by atoms with Crippen LogP contribution in [0.25, 0.3) is 0 Å². The molecule has 1 aliphatic heterocycles. The van der Waals surface area contributed by atoms with Crippen molar-refractivity contribution in [2.45, 2.75) is 51.5 Å². The van der Waals surface area contributed by atoms with Crippen LogP contribution in [-0.4, -0.2) is 19.1 Å². The number of rotatable bonds is 1. The van der Waals surface area contributed by atoms with E-state index in [-0.39, 0.29) is 0 Å². The van der Waals surface area contributed by atoms with Gasteiger partial charge in [-0.1, -0.05) is 6.42 Å². The summed E-state index contributed by atoms with van der Waals surface area (Å²) >= 11 is 0. The summed E-state index contributed by atoms with van der Waals surface area (Å²) < 4.78 is 0. The molecule has 12 heavy (non-hydrogen) atoms. The Balaban J connectivity index is 1.99. The summed E-state index contributed by atoms with van der Waals surface area (Å²) in [6.07, 6.45) is 9.10. The molecule has 3 unspecified atom stereocenters. The SMILES string of the molecule is CC[NH+]1CCCC2CCCCC21. The van der Waals surface area contributed by atoms with Gasteiger partial charge < -0.3 is 4.90 Å². The summed E-state index contributed by atoms with van der Waals surface area (Å²) in [5.74, 6) is 1.10. The third kappa shape index (κ3) is 1.52. The molecule has 0 spiro atoms. The lowest BCUT2D eigenvalue weighted by molar-refractivity contribution is -0.934. The second-order valence-corrected chi connectivity index (χ2v) is 4.56. The van der Waals surface area contributed by atoms with Crippen LogP contribution in [0.15, 0.2) is 0 Å². The molecule has 1 aliphatic carbocycles. The number of piperidine rings is 1. The predicted octanol–water partition coefficient (Wildman–Crippen LogP) is 1.24. The molecule has 70 valence electrons. The van der Waals surface area contributed by atoms with E-state index in [1.54, 1.807) is 0 Å². The summed E-state index contributed by atoms with van der Waals surface area (Å²) in [7, 11) is 0. The van der Waals surface area contributed by atoms with Crippen molar-refractivity contribution in [1.29, 1.82) is 0 Å². The fraction of sp³-hybridized carbons (Fsp3) is 1.00. The van der Waals surface area contributed by atoms with Gasteiger partial charge in [0.15, 0.2) is 0 Å². The molecule has 0 aromatic rings. The molecule has 2 rings (SSSR count). The van der Waals surface area contributed by atoms with E-state index in [1.807, 2.05) is 4.90 Å². The summed E-state index contributed by atoms with van der Waals surface area (Å²) in [6, 6.07) is 1.05. The highest BCUT2D eigenvalue weighted by Gasteiger charge is 2.35. The zero-order chi connectivity index (χ0) is 8.39. The zero-order valence-electron chi connectivity index (χ0n) is 8.31. The van der Waals surface area contributed by atoms with Crippen molar-refractivity contribution < 1.29 is 4.90 Å². The summed E-state index contributed by atoms with van der Waals surface area (Å²) in [4.78, 5) is 1.91. The van der Waals surface area contributed by atoms with Gasteiger partial charge in [0.25, 0.3) is 0 Å². The van der Waals surface area contributed by atoms with Gasteiger partial charge in [-0.15, -0.1) is 0 Å². The molecule has 0 aromatic heterocycles. The third-order valence-electron chi connectivity index (χ3n) is 3.96. The highest BCUT2D eigenvalue weighted by Crippen LogP contribution is 2.28. The molecular weight excluding hydrogens is 146 g/mol. The predicted molar refractivity (Wildman–Crippen MR) is 51.4 cm³/mol. The topological polar surface area (TPSA) is 4.44 Å². The lowest BCUT2D eigenvalue weighted by Gasteiger charge is -2.40. The maximum absolute atomic E-state index is 2.35. The van der Waals surface area contributed by atoms with Crippen molar-refractivity contribution in [3.63, 3.8) is 0 Å². The molecule has 1 N–H and O–H groups in total. The van der Waals surface area contributed by atoms with Gasteiger partial charge in [0.1, 0.15) is 0 Å². The lowest BCUT2D eigenvalue weighted by Crippen LogP contribution is -3.17. The monoisotopic (exact) mass is 168 g/mol. The molecule has 1 saturated carbocycles. The smallest absolute Gasteiger partial charge is 0.0903 e. The highest BCUT2D eigenvalue weighted by molar-refractivity contribution is 4.77. The Morgan fingerprint density at radius 2 is 1.83 bits per heavy atom. The van der Waals surface area contributed by atoms with E-state index in [1.165, 1.54) is 51.6 Å². The first kappa shape index (κ1) is 8.55. The van der Waals surface area contributed by atoms with Crippen molar-refractivity contribution in [2.75, 3.05) is 13.1 Å². The fourth-order valence-corrected chi connectivity index (χ4v) is 3.31. The quantitative estimate of drug-likeness (QED) is 0.601. The number of fused-ring (bicyclic) bond motifs is 1. The fourth-order valence-electron chi connectivity index (χ4n) is 3.31. The standard InChI is InChI=1S/C11H21N/c1-2-12-9-5-7-10-6-3-4-8-11(10)12/h10-11H,2-9H2,1H3/p+1. The van der Waals surface area contributed by atoms with E-state index in [9.17, 15) is 0 Å². The maximum Gasteiger partial charge on any atom is 0.0903 e. The summed E-state index contributed by atoms with van der Waals surface area (Å²) in [5.41, 5.74) is 0. The summed E-state index contributed by atoms with van der Waals surface area (Å²) in [5, 5.41) is 0. The Bertz CT molecular complexity index is 135. The Morgan fingerprint density at radius 1 is 1.08 bits per heavy atom. The van der Waals surface area contributed by atoms with Crippen LogP contribution < -0.4 is 4.90 Å². The number of likely N-dealkylation sites (tertiary alicyclic amines) is 1. The van der Waals surface area contributed by atoms with Crippen molar-refractivity contribution >= 4 is 0 Å². The van der Waals surface area contributed by atoms with E-state index in [0.717, 1.165) is 12.0 Å². The zero-order valence-corrected chi connectivity index (χ0v) is 8.31. The van der Waals surface area contributed by atoms with Gasteiger partial charge in [-0.2, -0.15) is 0 Å². The van der Waals surface area contributed by atoms with Crippen LogP contribution in [0.2, 0.25) is 0 Å². The third-order valence-corrected chi connectivity index (χ3v) is 3.96. The normalized spacial score (nSPS) is 42.2. The highest BCUT2D eigenvalue weighted by atomic mass is 15.2. The first-order chi connectivity index (χ1) is 5.92. The molecule has 3 atom stereocenters. The van der Waals surface area contributed by atoms with Crippen LogP contribution in [0.1, 0.15) is 45.4 Å². The van der Waals surface area contributed by atoms with Gasteiger partial charge in [0, 0.05) is 5.92 Å². The first-order valence-electron chi connectivity index (χ1n) is 5.76. The molecule has 2 fully saturated rings.